The molecule has 0 radical (unpaired) electrons. The van der Waals surface area contributed by atoms with Gasteiger partial charge in [0.25, 0.3) is 5.91 Å². The van der Waals surface area contributed by atoms with Gasteiger partial charge >= 0.3 is 0 Å². The number of aryl methyl sites for hydroxylation is 1. The lowest BCUT2D eigenvalue weighted by atomic mass is 10.1. The van der Waals surface area contributed by atoms with Gasteiger partial charge in [-0.15, -0.1) is 12.4 Å². The van der Waals surface area contributed by atoms with Crippen molar-refractivity contribution in [1.82, 2.24) is 15.8 Å². The van der Waals surface area contributed by atoms with Gasteiger partial charge in [0.1, 0.15) is 5.69 Å². The minimum Gasteiger partial charge on any atom is -0.383 e. The van der Waals surface area contributed by atoms with Crippen molar-refractivity contribution in [3.05, 3.63) is 41.7 Å². The molecule has 126 valence electrons. The third kappa shape index (κ3) is 6.02. The predicted molar refractivity (Wildman–Crippen MR) is 91.0 cm³/mol. The summed E-state index contributed by atoms with van der Waals surface area (Å²) in [5.74, 6) is -0.0492. The first kappa shape index (κ1) is 19.2. The minimum absolute atomic E-state index is 0. The Morgan fingerprint density at radius 3 is 2.65 bits per heavy atom. The van der Waals surface area contributed by atoms with E-state index in [1.54, 1.807) is 13.2 Å². The van der Waals surface area contributed by atoms with E-state index < -0.39 is 0 Å². The van der Waals surface area contributed by atoms with Crippen LogP contribution in [0, 0.1) is 6.92 Å². The summed E-state index contributed by atoms with van der Waals surface area (Å²) in [5, 5.41) is 9.86. The number of halogens is 1. The molecule has 0 atom stereocenters. The van der Waals surface area contributed by atoms with Crippen molar-refractivity contribution in [2.45, 2.75) is 6.92 Å². The van der Waals surface area contributed by atoms with Crippen molar-refractivity contribution in [2.75, 3.05) is 33.4 Å². The van der Waals surface area contributed by atoms with Crippen LogP contribution < -0.4 is 10.6 Å². The number of nitrogens with one attached hydrogen (secondary N) is 2. The van der Waals surface area contributed by atoms with Gasteiger partial charge in [0.05, 0.1) is 6.61 Å². The fourth-order valence-electron chi connectivity index (χ4n) is 1.89. The molecule has 0 bridgehead atoms. The summed E-state index contributed by atoms with van der Waals surface area (Å²) in [4.78, 5) is 11.9. The summed E-state index contributed by atoms with van der Waals surface area (Å²) in [5.41, 5.74) is 2.75. The van der Waals surface area contributed by atoms with E-state index in [4.69, 9.17) is 9.26 Å². The fraction of sp³-hybridized carbons (Fsp3) is 0.375. The number of benzene rings is 1. The Bertz CT molecular complexity index is 599. The highest BCUT2D eigenvalue weighted by atomic mass is 35.5. The zero-order chi connectivity index (χ0) is 15.8. The van der Waals surface area contributed by atoms with E-state index in [-0.39, 0.29) is 24.1 Å². The highest BCUT2D eigenvalue weighted by molar-refractivity contribution is 5.92. The second-order valence-electron chi connectivity index (χ2n) is 4.94. The number of methoxy groups -OCH3 is 1. The minimum atomic E-state index is -0.264. The van der Waals surface area contributed by atoms with Crippen LogP contribution in [-0.2, 0) is 4.74 Å². The second-order valence-corrected chi connectivity index (χ2v) is 4.94. The van der Waals surface area contributed by atoms with Gasteiger partial charge in [-0.25, -0.2) is 0 Å². The maximum absolute atomic E-state index is 11.9. The number of aromatic nitrogens is 1. The zero-order valence-electron chi connectivity index (χ0n) is 13.3. The summed E-state index contributed by atoms with van der Waals surface area (Å²) in [6.07, 6.45) is 0. The molecule has 0 saturated heterocycles. The SMILES string of the molecule is COCCNCCNC(=O)c1cc(-c2ccc(C)cc2)no1.Cl. The van der Waals surface area contributed by atoms with E-state index in [1.807, 2.05) is 31.2 Å². The van der Waals surface area contributed by atoms with Crippen molar-refractivity contribution in [3.63, 3.8) is 0 Å². The predicted octanol–water partition coefficient (Wildman–Crippen LogP) is 2.04. The topological polar surface area (TPSA) is 76.4 Å². The maximum Gasteiger partial charge on any atom is 0.289 e. The van der Waals surface area contributed by atoms with Gasteiger partial charge < -0.3 is 19.9 Å². The first-order valence-corrected chi connectivity index (χ1v) is 7.22. The van der Waals surface area contributed by atoms with Gasteiger partial charge in [-0.2, -0.15) is 0 Å². The van der Waals surface area contributed by atoms with Crippen LogP contribution >= 0.6 is 12.4 Å². The molecule has 0 unspecified atom stereocenters. The van der Waals surface area contributed by atoms with E-state index in [1.165, 1.54) is 5.56 Å². The van der Waals surface area contributed by atoms with Crippen LogP contribution in [0.5, 0.6) is 0 Å². The van der Waals surface area contributed by atoms with E-state index in [0.717, 1.165) is 12.1 Å². The van der Waals surface area contributed by atoms with Crippen LogP contribution in [0.2, 0.25) is 0 Å². The molecule has 6 nitrogen and oxygen atoms in total. The van der Waals surface area contributed by atoms with Crippen molar-refractivity contribution in [3.8, 4) is 11.3 Å². The third-order valence-electron chi connectivity index (χ3n) is 3.15. The molecule has 1 amide bonds. The Morgan fingerprint density at radius 1 is 1.22 bits per heavy atom. The Hall–Kier alpha value is -1.89. The van der Waals surface area contributed by atoms with Gasteiger partial charge in [-0.3, -0.25) is 4.79 Å². The molecule has 1 heterocycles. The number of ether oxygens (including phenoxy) is 1. The van der Waals surface area contributed by atoms with Gasteiger partial charge in [0.15, 0.2) is 0 Å². The second kappa shape index (κ2) is 9.99. The molecule has 2 aromatic rings. The first-order valence-electron chi connectivity index (χ1n) is 7.22. The fourth-order valence-corrected chi connectivity index (χ4v) is 1.89. The maximum atomic E-state index is 11.9. The zero-order valence-corrected chi connectivity index (χ0v) is 14.1. The number of nitrogens with zero attached hydrogens (tertiary/aromatic N) is 1. The summed E-state index contributed by atoms with van der Waals surface area (Å²) in [6.45, 7) is 4.62. The van der Waals surface area contributed by atoms with Crippen LogP contribution in [-0.4, -0.2) is 44.4 Å². The molecule has 2 N–H and O–H groups in total. The molecule has 23 heavy (non-hydrogen) atoms. The molecule has 0 spiro atoms. The molecule has 7 heteroatoms. The lowest BCUT2D eigenvalue weighted by molar-refractivity contribution is 0.0917. The highest BCUT2D eigenvalue weighted by Crippen LogP contribution is 2.19. The lowest BCUT2D eigenvalue weighted by Crippen LogP contribution is -2.32. The monoisotopic (exact) mass is 339 g/mol. The number of rotatable bonds is 8. The van der Waals surface area contributed by atoms with E-state index in [9.17, 15) is 4.79 Å². The molecule has 0 aliphatic rings. The van der Waals surface area contributed by atoms with Crippen LogP contribution in [0.3, 0.4) is 0 Å². The van der Waals surface area contributed by atoms with E-state index in [0.29, 0.717) is 25.4 Å². The molecular formula is C16H22ClN3O3. The number of hydrogen-bond donors (Lipinski definition) is 2. The van der Waals surface area contributed by atoms with Gasteiger partial charge in [-0.1, -0.05) is 35.0 Å². The summed E-state index contributed by atoms with van der Waals surface area (Å²) >= 11 is 0. The largest absolute Gasteiger partial charge is 0.383 e. The number of amides is 1. The van der Waals surface area contributed by atoms with Crippen LogP contribution in [0.25, 0.3) is 11.3 Å². The molecule has 0 aliphatic carbocycles. The van der Waals surface area contributed by atoms with Crippen molar-refractivity contribution in [1.29, 1.82) is 0 Å². The van der Waals surface area contributed by atoms with Gasteiger partial charge in [0, 0.05) is 38.4 Å². The van der Waals surface area contributed by atoms with Crippen LogP contribution in [0.1, 0.15) is 16.1 Å². The molecule has 2 rings (SSSR count). The third-order valence-corrected chi connectivity index (χ3v) is 3.15. The molecule has 0 aliphatic heterocycles. The van der Waals surface area contributed by atoms with Crippen LogP contribution in [0.15, 0.2) is 34.9 Å². The average molecular weight is 340 g/mol. The quantitative estimate of drug-likeness (QED) is 0.720. The Kier molecular flexibility index (Phi) is 8.32. The Balaban J connectivity index is 0.00000264. The molecule has 0 fully saturated rings. The standard InChI is InChI=1S/C16H21N3O3.ClH/c1-12-3-5-13(6-4-12)14-11-15(22-19-14)16(20)18-8-7-17-9-10-21-2;/h3-6,11,17H,7-10H2,1-2H3,(H,18,20);1H. The van der Waals surface area contributed by atoms with Gasteiger partial charge in [0.2, 0.25) is 5.76 Å². The average Bonchev–Trinajstić information content (AvgIpc) is 3.01. The number of carbonyl (C=O) groups excluding carboxylic acids is 1. The summed E-state index contributed by atoms with van der Waals surface area (Å²) < 4.78 is 10.0. The first-order chi connectivity index (χ1) is 10.7. The molecular weight excluding hydrogens is 318 g/mol. The van der Waals surface area contributed by atoms with Gasteiger partial charge in [-0.05, 0) is 6.92 Å². The lowest BCUT2D eigenvalue weighted by Gasteiger charge is -2.04. The molecule has 1 aromatic heterocycles. The molecule has 0 saturated carbocycles. The summed E-state index contributed by atoms with van der Waals surface area (Å²) in [6, 6.07) is 9.55. The Labute approximate surface area is 142 Å². The number of carbonyl (C=O) groups is 1. The Morgan fingerprint density at radius 2 is 1.96 bits per heavy atom. The smallest absolute Gasteiger partial charge is 0.289 e. The summed E-state index contributed by atoms with van der Waals surface area (Å²) in [7, 11) is 1.65. The van der Waals surface area contributed by atoms with Crippen molar-refractivity contribution in [2.24, 2.45) is 0 Å². The highest BCUT2D eigenvalue weighted by Gasteiger charge is 2.13. The van der Waals surface area contributed by atoms with E-state index >= 15 is 0 Å². The number of hydrogen-bond acceptors (Lipinski definition) is 5. The van der Waals surface area contributed by atoms with Crippen molar-refractivity contribution >= 4 is 18.3 Å². The normalized spacial score (nSPS) is 10.2. The molecule has 1 aromatic carbocycles. The van der Waals surface area contributed by atoms with E-state index in [2.05, 4.69) is 15.8 Å². The van der Waals surface area contributed by atoms with Crippen LogP contribution in [0.4, 0.5) is 0 Å². The van der Waals surface area contributed by atoms with Crippen molar-refractivity contribution < 1.29 is 14.1 Å².